The van der Waals surface area contributed by atoms with Gasteiger partial charge in [-0.15, -0.1) is 0 Å². The number of rotatable bonds is 8. The lowest BCUT2D eigenvalue weighted by Crippen LogP contribution is -2.54. The van der Waals surface area contributed by atoms with E-state index in [1.54, 1.807) is 30.2 Å². The maximum atomic E-state index is 13.7. The molecule has 2 aromatic rings. The summed E-state index contributed by atoms with van der Waals surface area (Å²) in [6, 6.07) is 4.94. The van der Waals surface area contributed by atoms with Gasteiger partial charge in [-0.3, -0.25) is 14.3 Å². The van der Waals surface area contributed by atoms with Crippen LogP contribution in [0.3, 0.4) is 0 Å². The summed E-state index contributed by atoms with van der Waals surface area (Å²) in [6.07, 6.45) is 11.2. The minimum Gasteiger partial charge on any atom is -0.371 e. The van der Waals surface area contributed by atoms with Crippen LogP contribution in [-0.2, 0) is 16.6 Å². The van der Waals surface area contributed by atoms with Crippen molar-refractivity contribution >= 4 is 23.3 Å². The molecule has 2 N–H and O–H groups in total. The second-order valence-electron chi connectivity index (χ2n) is 11.5. The molecule has 1 saturated heterocycles. The number of pyridine rings is 1. The van der Waals surface area contributed by atoms with Gasteiger partial charge in [0.05, 0.1) is 24.1 Å². The molecular formula is C27H36N6O3. The molecule has 4 fully saturated rings. The Bertz CT molecular complexity index is 1130. The molecule has 1 unspecified atom stereocenters. The second-order valence-corrected chi connectivity index (χ2v) is 11.5. The van der Waals surface area contributed by atoms with Crippen LogP contribution in [0.5, 0.6) is 0 Å². The first-order valence-electron chi connectivity index (χ1n) is 13.3. The number of carbonyl (C=O) groups excluding carboxylic acids is 2. The van der Waals surface area contributed by atoms with Crippen LogP contribution in [-0.4, -0.2) is 57.9 Å². The fraction of sp³-hybridized carbons (Fsp3) is 0.630. The molecule has 2 aromatic heterocycles. The number of amides is 2. The Labute approximate surface area is 212 Å². The fourth-order valence-corrected chi connectivity index (χ4v) is 6.05. The fourth-order valence-electron chi connectivity index (χ4n) is 6.05. The van der Waals surface area contributed by atoms with E-state index in [0.29, 0.717) is 17.3 Å². The highest BCUT2D eigenvalue weighted by Crippen LogP contribution is 2.58. The number of nitrogens with one attached hydrogen (secondary N) is 2. The van der Waals surface area contributed by atoms with Crippen molar-refractivity contribution < 1.29 is 14.3 Å². The van der Waals surface area contributed by atoms with Gasteiger partial charge in [-0.1, -0.05) is 26.2 Å². The van der Waals surface area contributed by atoms with Gasteiger partial charge < -0.3 is 20.3 Å². The second kappa shape index (κ2) is 8.87. The third-order valence-corrected chi connectivity index (χ3v) is 8.88. The van der Waals surface area contributed by atoms with Crippen molar-refractivity contribution in [2.75, 3.05) is 29.9 Å². The van der Waals surface area contributed by atoms with Crippen molar-refractivity contribution in [2.45, 2.75) is 63.5 Å². The van der Waals surface area contributed by atoms with Gasteiger partial charge >= 0.3 is 0 Å². The van der Waals surface area contributed by atoms with E-state index in [4.69, 9.17) is 4.74 Å². The third-order valence-electron chi connectivity index (χ3n) is 8.88. The molecular weight excluding hydrogens is 456 g/mol. The molecule has 3 saturated carbocycles. The van der Waals surface area contributed by atoms with Gasteiger partial charge in [0.15, 0.2) is 0 Å². The van der Waals surface area contributed by atoms with Gasteiger partial charge in [-0.05, 0) is 61.1 Å². The number of ether oxygens (including phenoxy) is 1. The number of morpholine rings is 1. The highest BCUT2D eigenvalue weighted by atomic mass is 16.5. The quantitative estimate of drug-likeness (QED) is 0.587. The molecule has 2 amide bonds. The molecule has 2 atom stereocenters. The van der Waals surface area contributed by atoms with Crippen LogP contribution in [0, 0.1) is 17.3 Å². The predicted octanol–water partition coefficient (Wildman–Crippen LogP) is 3.14. The van der Waals surface area contributed by atoms with E-state index in [2.05, 4.69) is 32.5 Å². The monoisotopic (exact) mass is 492 g/mol. The molecule has 0 bridgehead atoms. The van der Waals surface area contributed by atoms with Crippen molar-refractivity contribution in [3.63, 3.8) is 0 Å². The highest BCUT2D eigenvalue weighted by molar-refractivity contribution is 6.00. The first kappa shape index (κ1) is 23.5. The lowest BCUT2D eigenvalue weighted by molar-refractivity contribution is -0.121. The van der Waals surface area contributed by atoms with Crippen molar-refractivity contribution in [2.24, 2.45) is 24.3 Å². The Morgan fingerprint density at radius 3 is 2.56 bits per heavy atom. The van der Waals surface area contributed by atoms with E-state index >= 15 is 0 Å². The normalized spacial score (nSPS) is 23.4. The number of carbonyl (C=O) groups is 2. The van der Waals surface area contributed by atoms with Gasteiger partial charge in [0.25, 0.3) is 5.91 Å². The van der Waals surface area contributed by atoms with Gasteiger partial charge in [0, 0.05) is 26.3 Å². The average Bonchev–Trinajstić information content (AvgIpc) is 3.73. The zero-order chi connectivity index (χ0) is 24.9. The summed E-state index contributed by atoms with van der Waals surface area (Å²) in [5.41, 5.74) is 1.21. The number of hydrogen-bond acceptors (Lipinski definition) is 6. The van der Waals surface area contributed by atoms with Gasteiger partial charge in [0.2, 0.25) is 5.91 Å². The van der Waals surface area contributed by atoms with Crippen LogP contribution in [0.25, 0.3) is 0 Å². The first-order chi connectivity index (χ1) is 17.4. The van der Waals surface area contributed by atoms with Crippen molar-refractivity contribution in [1.29, 1.82) is 0 Å². The Kier molecular flexibility index (Phi) is 5.78. The maximum Gasteiger partial charge on any atom is 0.270 e. The highest BCUT2D eigenvalue weighted by Gasteiger charge is 2.54. The largest absolute Gasteiger partial charge is 0.371 e. The number of anilines is 2. The zero-order valence-corrected chi connectivity index (χ0v) is 21.2. The number of aromatic nitrogens is 3. The summed E-state index contributed by atoms with van der Waals surface area (Å²) in [7, 11) is 1.74. The van der Waals surface area contributed by atoms with E-state index < -0.39 is 6.04 Å². The lowest BCUT2D eigenvalue weighted by Gasteiger charge is -2.42. The SMILES string of the molecule is Cn1nccc1C(=O)N[C@H](C(=O)Nc1ccc(N2CCOC3(CC3)C2)nc1)C(C1CCC1)C1(C)CC1. The Morgan fingerprint density at radius 2 is 1.97 bits per heavy atom. The molecule has 3 aliphatic carbocycles. The minimum atomic E-state index is -0.612. The van der Waals surface area contributed by atoms with Crippen LogP contribution in [0.15, 0.2) is 30.6 Å². The van der Waals surface area contributed by atoms with Crippen LogP contribution in [0.1, 0.15) is 62.4 Å². The molecule has 4 aliphatic rings. The first-order valence-corrected chi connectivity index (χ1v) is 13.3. The van der Waals surface area contributed by atoms with E-state index in [1.165, 1.54) is 6.42 Å². The number of aryl methyl sites for hydroxylation is 1. The molecule has 1 aliphatic heterocycles. The van der Waals surface area contributed by atoms with E-state index in [1.807, 2.05) is 12.1 Å². The van der Waals surface area contributed by atoms with E-state index in [0.717, 1.165) is 64.0 Å². The summed E-state index contributed by atoms with van der Waals surface area (Å²) in [4.78, 5) is 33.8. The molecule has 0 radical (unpaired) electrons. The number of nitrogens with zero attached hydrogens (tertiary/aromatic N) is 4. The molecule has 192 valence electrons. The summed E-state index contributed by atoms with van der Waals surface area (Å²) in [5.74, 6) is 1.03. The topological polar surface area (TPSA) is 101 Å². The Hall–Kier alpha value is -2.94. The van der Waals surface area contributed by atoms with Crippen LogP contribution >= 0.6 is 0 Å². The van der Waals surface area contributed by atoms with E-state index in [9.17, 15) is 9.59 Å². The van der Waals surface area contributed by atoms with Gasteiger partial charge in [-0.25, -0.2) is 4.98 Å². The smallest absolute Gasteiger partial charge is 0.270 e. The van der Waals surface area contributed by atoms with Crippen molar-refractivity contribution in [1.82, 2.24) is 20.1 Å². The summed E-state index contributed by atoms with van der Waals surface area (Å²) < 4.78 is 7.46. The molecule has 36 heavy (non-hydrogen) atoms. The lowest BCUT2D eigenvalue weighted by atomic mass is 9.66. The molecule has 1 spiro atoms. The standard InChI is InChI=1S/C27H36N6O3/c1-26(9-10-26)22(18-4-3-5-18)23(31-24(34)20-8-13-29-32(20)2)25(35)30-19-6-7-21(28-16-19)33-14-15-36-27(17-33)11-12-27/h6-8,13,16,18,22-23H,3-5,9-12,14-15,17H2,1-2H3,(H,30,35)(H,31,34)/t22?,23-/m0/s1. The summed E-state index contributed by atoms with van der Waals surface area (Å²) >= 11 is 0. The van der Waals surface area contributed by atoms with Crippen LogP contribution in [0.4, 0.5) is 11.5 Å². The molecule has 9 nitrogen and oxygen atoms in total. The molecule has 6 rings (SSSR count). The number of hydrogen-bond donors (Lipinski definition) is 2. The molecule has 0 aromatic carbocycles. The Morgan fingerprint density at radius 1 is 1.17 bits per heavy atom. The Balaban J connectivity index is 1.20. The zero-order valence-electron chi connectivity index (χ0n) is 21.2. The average molecular weight is 493 g/mol. The van der Waals surface area contributed by atoms with E-state index in [-0.39, 0.29) is 28.7 Å². The molecule has 3 heterocycles. The van der Waals surface area contributed by atoms with Gasteiger partial charge in [0.1, 0.15) is 17.6 Å². The maximum absolute atomic E-state index is 13.7. The van der Waals surface area contributed by atoms with Crippen LogP contribution < -0.4 is 15.5 Å². The van der Waals surface area contributed by atoms with Crippen molar-refractivity contribution in [3.05, 3.63) is 36.3 Å². The van der Waals surface area contributed by atoms with Crippen molar-refractivity contribution in [3.8, 4) is 0 Å². The van der Waals surface area contributed by atoms with Crippen LogP contribution in [0.2, 0.25) is 0 Å². The summed E-state index contributed by atoms with van der Waals surface area (Å²) in [6.45, 7) is 4.68. The third kappa shape index (κ3) is 4.49. The minimum absolute atomic E-state index is 0.0293. The molecule has 9 heteroatoms. The van der Waals surface area contributed by atoms with Gasteiger partial charge in [-0.2, -0.15) is 5.10 Å². The predicted molar refractivity (Wildman–Crippen MR) is 136 cm³/mol. The summed E-state index contributed by atoms with van der Waals surface area (Å²) in [5, 5.41) is 10.3.